The van der Waals surface area contributed by atoms with Gasteiger partial charge in [-0.25, -0.2) is 17.9 Å². The Balaban J connectivity index is 1.71. The highest BCUT2D eigenvalue weighted by molar-refractivity contribution is 7.89. The number of nitrogens with one attached hydrogen (secondary N) is 2. The number of aromatic amines is 1. The molecule has 0 saturated carbocycles. The standard InChI is InChI=1S/C17H18N2O4S/c1-11-3-6-16(12(2)9-11)24(21,22)18-8-7-13-4-5-15-14(10-13)19-17(20)23-15/h3-6,9-10,18H,7-8H2,1-2H3,(H,19,20). The van der Waals surface area contributed by atoms with Gasteiger partial charge in [0.25, 0.3) is 0 Å². The molecule has 0 atom stereocenters. The summed E-state index contributed by atoms with van der Waals surface area (Å²) < 4.78 is 32.3. The molecule has 0 aliphatic heterocycles. The highest BCUT2D eigenvalue weighted by Crippen LogP contribution is 2.17. The molecule has 0 saturated heterocycles. The van der Waals surface area contributed by atoms with Gasteiger partial charge >= 0.3 is 5.76 Å². The lowest BCUT2D eigenvalue weighted by Crippen LogP contribution is -2.26. The molecule has 6 nitrogen and oxygen atoms in total. The molecule has 0 amide bonds. The van der Waals surface area contributed by atoms with E-state index in [-0.39, 0.29) is 6.54 Å². The zero-order chi connectivity index (χ0) is 17.3. The maximum atomic E-state index is 12.4. The molecular formula is C17H18N2O4S. The summed E-state index contributed by atoms with van der Waals surface area (Å²) in [6.07, 6.45) is 0.507. The Morgan fingerprint density at radius 1 is 1.12 bits per heavy atom. The third-order valence-corrected chi connectivity index (χ3v) is 5.43. The molecule has 0 bridgehead atoms. The number of aryl methyl sites for hydroxylation is 2. The molecule has 3 aromatic rings. The Bertz CT molecular complexity index is 1050. The van der Waals surface area contributed by atoms with E-state index in [9.17, 15) is 13.2 Å². The van der Waals surface area contributed by atoms with Gasteiger partial charge in [-0.3, -0.25) is 4.98 Å². The highest BCUT2D eigenvalue weighted by atomic mass is 32.2. The summed E-state index contributed by atoms with van der Waals surface area (Å²) in [6.45, 7) is 3.97. The van der Waals surface area contributed by atoms with Crippen molar-refractivity contribution in [3.63, 3.8) is 0 Å². The number of fused-ring (bicyclic) bond motifs is 1. The lowest BCUT2D eigenvalue weighted by Gasteiger charge is -2.10. The monoisotopic (exact) mass is 346 g/mol. The highest BCUT2D eigenvalue weighted by Gasteiger charge is 2.16. The van der Waals surface area contributed by atoms with Crippen LogP contribution >= 0.6 is 0 Å². The zero-order valence-corrected chi connectivity index (χ0v) is 14.2. The summed E-state index contributed by atoms with van der Waals surface area (Å²) in [5, 5.41) is 0. The molecule has 3 rings (SSSR count). The lowest BCUT2D eigenvalue weighted by atomic mass is 10.1. The Labute approximate surface area is 139 Å². The molecule has 2 N–H and O–H groups in total. The topological polar surface area (TPSA) is 92.2 Å². The van der Waals surface area contributed by atoms with Crippen LogP contribution in [0, 0.1) is 13.8 Å². The van der Waals surface area contributed by atoms with E-state index in [1.165, 1.54) is 0 Å². The summed E-state index contributed by atoms with van der Waals surface area (Å²) in [6, 6.07) is 10.5. The second kappa shape index (κ2) is 6.26. The van der Waals surface area contributed by atoms with Crippen molar-refractivity contribution < 1.29 is 12.8 Å². The molecule has 24 heavy (non-hydrogen) atoms. The van der Waals surface area contributed by atoms with Crippen LogP contribution in [0.5, 0.6) is 0 Å². The van der Waals surface area contributed by atoms with E-state index in [0.717, 1.165) is 16.7 Å². The van der Waals surface area contributed by atoms with Crippen LogP contribution < -0.4 is 10.5 Å². The number of hydrogen-bond acceptors (Lipinski definition) is 4. The average Bonchev–Trinajstić information content (AvgIpc) is 2.86. The normalized spacial score (nSPS) is 11.9. The van der Waals surface area contributed by atoms with Crippen LogP contribution in [0.3, 0.4) is 0 Å². The largest absolute Gasteiger partial charge is 0.417 e. The third-order valence-electron chi connectivity index (χ3n) is 3.81. The minimum absolute atomic E-state index is 0.267. The summed E-state index contributed by atoms with van der Waals surface area (Å²) >= 11 is 0. The first-order valence-corrected chi connectivity index (χ1v) is 9.02. The molecule has 0 aliphatic rings. The van der Waals surface area contributed by atoms with E-state index in [1.807, 2.05) is 19.1 Å². The van der Waals surface area contributed by atoms with Crippen LogP contribution in [0.1, 0.15) is 16.7 Å². The van der Waals surface area contributed by atoms with Gasteiger partial charge in [0, 0.05) is 6.54 Å². The van der Waals surface area contributed by atoms with Crippen molar-refractivity contribution in [2.75, 3.05) is 6.54 Å². The fraction of sp³-hybridized carbons (Fsp3) is 0.235. The first kappa shape index (κ1) is 16.5. The van der Waals surface area contributed by atoms with Crippen LogP contribution in [0.25, 0.3) is 11.1 Å². The minimum atomic E-state index is -3.54. The Morgan fingerprint density at radius 2 is 1.92 bits per heavy atom. The molecule has 0 radical (unpaired) electrons. The van der Waals surface area contributed by atoms with Crippen molar-refractivity contribution in [3.05, 3.63) is 63.6 Å². The van der Waals surface area contributed by atoms with E-state index in [1.54, 1.807) is 31.2 Å². The van der Waals surface area contributed by atoms with Crippen LogP contribution in [0.4, 0.5) is 0 Å². The number of rotatable bonds is 5. The van der Waals surface area contributed by atoms with Crippen LogP contribution in [0.2, 0.25) is 0 Å². The molecule has 0 spiro atoms. The van der Waals surface area contributed by atoms with Gasteiger partial charge in [0.15, 0.2) is 5.58 Å². The molecule has 7 heteroatoms. The SMILES string of the molecule is Cc1ccc(S(=O)(=O)NCCc2ccc3oc(=O)[nH]c3c2)c(C)c1. The number of hydrogen-bond donors (Lipinski definition) is 2. The molecular weight excluding hydrogens is 328 g/mol. The lowest BCUT2D eigenvalue weighted by molar-refractivity contribution is 0.555. The van der Waals surface area contributed by atoms with Crippen molar-refractivity contribution in [1.29, 1.82) is 0 Å². The molecule has 0 fully saturated rings. The number of aromatic nitrogens is 1. The number of H-pyrrole nitrogens is 1. The number of benzene rings is 2. The molecule has 2 aromatic carbocycles. The predicted octanol–water partition coefficient (Wildman–Crippen LogP) is 2.26. The van der Waals surface area contributed by atoms with Crippen LogP contribution in [-0.2, 0) is 16.4 Å². The predicted molar refractivity (Wildman–Crippen MR) is 91.6 cm³/mol. The maximum Gasteiger partial charge on any atom is 0.417 e. The van der Waals surface area contributed by atoms with Crippen molar-refractivity contribution in [2.24, 2.45) is 0 Å². The fourth-order valence-electron chi connectivity index (χ4n) is 2.66. The zero-order valence-electron chi connectivity index (χ0n) is 13.4. The maximum absolute atomic E-state index is 12.4. The summed E-state index contributed by atoms with van der Waals surface area (Å²) in [7, 11) is -3.54. The molecule has 0 aliphatic carbocycles. The summed E-state index contributed by atoms with van der Waals surface area (Å²) in [4.78, 5) is 14.0. The number of sulfonamides is 1. The van der Waals surface area contributed by atoms with E-state index in [2.05, 4.69) is 9.71 Å². The minimum Gasteiger partial charge on any atom is -0.408 e. The quantitative estimate of drug-likeness (QED) is 0.741. The Kier molecular flexibility index (Phi) is 4.29. The smallest absolute Gasteiger partial charge is 0.408 e. The molecule has 1 aromatic heterocycles. The first-order chi connectivity index (χ1) is 11.3. The average molecular weight is 346 g/mol. The third kappa shape index (κ3) is 3.42. The summed E-state index contributed by atoms with van der Waals surface area (Å²) in [5.74, 6) is -0.502. The van der Waals surface area contributed by atoms with Crippen molar-refractivity contribution in [1.82, 2.24) is 9.71 Å². The van der Waals surface area contributed by atoms with Gasteiger partial charge in [0.2, 0.25) is 10.0 Å². The van der Waals surface area contributed by atoms with Crippen LogP contribution in [-0.4, -0.2) is 19.9 Å². The van der Waals surface area contributed by atoms with Crippen LogP contribution in [0.15, 0.2) is 50.5 Å². The van der Waals surface area contributed by atoms with Crippen molar-refractivity contribution in [3.8, 4) is 0 Å². The second-order valence-electron chi connectivity index (χ2n) is 5.76. The van der Waals surface area contributed by atoms with E-state index in [4.69, 9.17) is 4.42 Å². The van der Waals surface area contributed by atoms with Gasteiger partial charge in [-0.2, -0.15) is 0 Å². The van der Waals surface area contributed by atoms with Crippen molar-refractivity contribution in [2.45, 2.75) is 25.2 Å². The first-order valence-electron chi connectivity index (χ1n) is 7.54. The number of oxazole rings is 1. The van der Waals surface area contributed by atoms with Gasteiger partial charge in [0.05, 0.1) is 10.4 Å². The Hall–Kier alpha value is -2.38. The van der Waals surface area contributed by atoms with Gasteiger partial charge in [-0.15, -0.1) is 0 Å². The van der Waals surface area contributed by atoms with E-state index >= 15 is 0 Å². The Morgan fingerprint density at radius 3 is 2.67 bits per heavy atom. The van der Waals surface area contributed by atoms with Gasteiger partial charge in [0.1, 0.15) is 0 Å². The van der Waals surface area contributed by atoms with Gasteiger partial charge < -0.3 is 4.42 Å². The van der Waals surface area contributed by atoms with Gasteiger partial charge in [-0.05, 0) is 49.6 Å². The van der Waals surface area contributed by atoms with E-state index in [0.29, 0.717) is 22.4 Å². The second-order valence-corrected chi connectivity index (χ2v) is 7.50. The van der Waals surface area contributed by atoms with Gasteiger partial charge in [-0.1, -0.05) is 23.8 Å². The summed E-state index contributed by atoms with van der Waals surface area (Å²) in [5.41, 5.74) is 3.74. The molecule has 0 unspecified atom stereocenters. The van der Waals surface area contributed by atoms with Crippen molar-refractivity contribution >= 4 is 21.1 Å². The fourth-order valence-corrected chi connectivity index (χ4v) is 3.92. The van der Waals surface area contributed by atoms with E-state index < -0.39 is 15.8 Å². The molecule has 126 valence electrons. The molecule has 1 heterocycles.